The number of ketones is 1. The Kier molecular flexibility index (Phi) is 8.09. The first-order valence-corrected chi connectivity index (χ1v) is 16.8. The molecule has 4 aliphatic carbocycles. The summed E-state index contributed by atoms with van der Waals surface area (Å²) in [6.07, 6.45) is 5.89. The summed E-state index contributed by atoms with van der Waals surface area (Å²) in [5.41, 5.74) is 2.78. The standard InChI is InChI=1S/C36H45ClN2O6/c1-7-30(42)44-19-29(41)36(45-31(43)8-2)21(4)13-25-32-26(37)14-23-15-27-22(18-38-39(27)24-11-9-10-20(3)12-24)16-34(23,5)33(32)28(40)17-35(25,36)6/h9-12,15,18,21,25-26,28,32-33,40H,7-8,13-14,16-17,19H2,1-6H3/t21-,25+,26-,28+,32-,33+,34+,35+,36-/m1/s1. The highest BCUT2D eigenvalue weighted by molar-refractivity contribution is 6.21. The zero-order valence-electron chi connectivity index (χ0n) is 27.1. The van der Waals surface area contributed by atoms with Gasteiger partial charge in [-0.2, -0.15) is 5.10 Å². The molecular weight excluding hydrogens is 592 g/mol. The molecule has 8 nitrogen and oxygen atoms in total. The van der Waals surface area contributed by atoms with E-state index in [1.807, 2.05) is 30.8 Å². The largest absolute Gasteiger partial charge is 0.457 e. The molecule has 0 aliphatic heterocycles. The summed E-state index contributed by atoms with van der Waals surface area (Å²) in [5.74, 6) is -2.11. The van der Waals surface area contributed by atoms with Crippen LogP contribution in [0.1, 0.15) is 83.5 Å². The number of esters is 2. The molecule has 0 saturated heterocycles. The van der Waals surface area contributed by atoms with Gasteiger partial charge in [0.25, 0.3) is 0 Å². The van der Waals surface area contributed by atoms with Crippen LogP contribution in [0.4, 0.5) is 0 Å². The Morgan fingerprint density at radius 2 is 1.89 bits per heavy atom. The van der Waals surface area contributed by atoms with Gasteiger partial charge in [-0.15, -0.1) is 11.6 Å². The van der Waals surface area contributed by atoms with Crippen LogP contribution in [-0.2, 0) is 30.3 Å². The molecular formula is C36H45ClN2O6. The molecule has 1 N–H and O–H groups in total. The van der Waals surface area contributed by atoms with Crippen LogP contribution in [0.25, 0.3) is 11.8 Å². The molecule has 6 rings (SSSR count). The molecule has 0 spiro atoms. The van der Waals surface area contributed by atoms with Gasteiger partial charge in [-0.25, -0.2) is 4.68 Å². The number of halogens is 1. The smallest absolute Gasteiger partial charge is 0.306 e. The quantitative estimate of drug-likeness (QED) is 0.293. The molecule has 1 heterocycles. The average molecular weight is 637 g/mol. The number of hydrogen-bond acceptors (Lipinski definition) is 7. The van der Waals surface area contributed by atoms with E-state index >= 15 is 0 Å². The maximum Gasteiger partial charge on any atom is 0.306 e. The third-order valence-corrected chi connectivity index (χ3v) is 12.3. The van der Waals surface area contributed by atoms with Crippen molar-refractivity contribution in [3.8, 4) is 5.69 Å². The van der Waals surface area contributed by atoms with Crippen molar-refractivity contribution < 1.29 is 29.0 Å². The van der Waals surface area contributed by atoms with Gasteiger partial charge in [-0.05, 0) is 85.1 Å². The van der Waals surface area contributed by atoms with Gasteiger partial charge in [0.1, 0.15) is 0 Å². The summed E-state index contributed by atoms with van der Waals surface area (Å²) in [4.78, 5) is 39.1. The Morgan fingerprint density at radius 1 is 1.16 bits per heavy atom. The molecule has 1 aromatic carbocycles. The maximum atomic E-state index is 14.1. The highest BCUT2D eigenvalue weighted by atomic mass is 35.5. The van der Waals surface area contributed by atoms with Crippen molar-refractivity contribution >= 4 is 35.4 Å². The molecule has 2 aromatic rings. The molecule has 0 unspecified atom stereocenters. The van der Waals surface area contributed by atoms with Gasteiger partial charge in [0.05, 0.1) is 23.7 Å². The topological polar surface area (TPSA) is 108 Å². The number of alkyl halides is 1. The summed E-state index contributed by atoms with van der Waals surface area (Å²) in [6, 6.07) is 8.28. The number of aliphatic hydroxyl groups is 1. The second-order valence-electron chi connectivity index (χ2n) is 14.3. The predicted molar refractivity (Wildman–Crippen MR) is 171 cm³/mol. The van der Waals surface area contributed by atoms with E-state index in [1.54, 1.807) is 13.8 Å². The van der Waals surface area contributed by atoms with E-state index in [9.17, 15) is 19.5 Å². The number of hydrogen-bond donors (Lipinski definition) is 1. The number of aryl methyl sites for hydroxylation is 1. The lowest BCUT2D eigenvalue weighted by molar-refractivity contribution is -0.207. The molecule has 0 radical (unpaired) electrons. The number of benzene rings is 1. The Labute approximate surface area is 270 Å². The number of carbonyl (C=O) groups excluding carboxylic acids is 3. The monoisotopic (exact) mass is 636 g/mol. The molecule has 9 heteroatoms. The SMILES string of the molecule is CCC(=O)OCC(=O)[C@]1(OC(=O)CC)[C@H](C)C[C@H]2[C@H]3[C@H]([C@@H](O)C[C@@]21C)[C@@]1(C)Cc2cnn(-c4cccc(C)c4)c2C=C1C[C@H]3Cl. The van der Waals surface area contributed by atoms with E-state index in [4.69, 9.17) is 26.2 Å². The fraction of sp³-hybridized carbons (Fsp3) is 0.611. The molecule has 0 bridgehead atoms. The lowest BCUT2D eigenvalue weighted by Gasteiger charge is -2.61. The van der Waals surface area contributed by atoms with Crippen molar-refractivity contribution in [3.63, 3.8) is 0 Å². The third kappa shape index (κ3) is 4.72. The molecule has 45 heavy (non-hydrogen) atoms. The number of allylic oxidation sites excluding steroid dienone is 1. The minimum Gasteiger partial charge on any atom is -0.457 e. The zero-order valence-corrected chi connectivity index (χ0v) is 27.9. The Hall–Kier alpha value is -2.97. The first-order valence-electron chi connectivity index (χ1n) is 16.4. The van der Waals surface area contributed by atoms with Gasteiger partial charge in [-0.3, -0.25) is 14.4 Å². The summed E-state index contributed by atoms with van der Waals surface area (Å²) >= 11 is 7.38. The van der Waals surface area contributed by atoms with Gasteiger partial charge in [0.2, 0.25) is 5.78 Å². The van der Waals surface area contributed by atoms with Crippen LogP contribution in [0.5, 0.6) is 0 Å². The summed E-state index contributed by atoms with van der Waals surface area (Å²) in [5, 5.41) is 16.7. The first kappa shape index (κ1) is 32.0. The van der Waals surface area contributed by atoms with Crippen LogP contribution in [0.2, 0.25) is 0 Å². The van der Waals surface area contributed by atoms with Gasteiger partial charge in [0.15, 0.2) is 12.2 Å². The fourth-order valence-corrected chi connectivity index (χ4v) is 10.4. The highest BCUT2D eigenvalue weighted by Gasteiger charge is 2.74. The number of aliphatic hydroxyl groups excluding tert-OH is 1. The first-order chi connectivity index (χ1) is 21.3. The van der Waals surface area contributed by atoms with Crippen molar-refractivity contribution in [1.29, 1.82) is 0 Å². The number of rotatable bonds is 7. The lowest BCUT2D eigenvalue weighted by Crippen LogP contribution is -2.66. The molecule has 9 atom stereocenters. The summed E-state index contributed by atoms with van der Waals surface area (Å²) < 4.78 is 13.5. The normalized spacial score (nSPS) is 36.6. The van der Waals surface area contributed by atoms with Crippen LogP contribution >= 0.6 is 11.6 Å². The van der Waals surface area contributed by atoms with E-state index in [0.717, 1.165) is 28.9 Å². The van der Waals surface area contributed by atoms with Crippen molar-refractivity contribution in [2.24, 2.45) is 34.5 Å². The Balaban J connectivity index is 1.39. The number of fused-ring (bicyclic) bond motifs is 6. The van der Waals surface area contributed by atoms with Crippen molar-refractivity contribution in [1.82, 2.24) is 9.78 Å². The van der Waals surface area contributed by atoms with Gasteiger partial charge >= 0.3 is 11.9 Å². The molecule has 4 aliphatic rings. The van der Waals surface area contributed by atoms with Gasteiger partial charge in [0, 0.05) is 29.6 Å². The summed E-state index contributed by atoms with van der Waals surface area (Å²) in [7, 11) is 0. The third-order valence-electron chi connectivity index (χ3n) is 11.8. The van der Waals surface area contributed by atoms with E-state index in [1.165, 1.54) is 5.57 Å². The van der Waals surface area contributed by atoms with Crippen LogP contribution < -0.4 is 0 Å². The fourth-order valence-electron chi connectivity index (χ4n) is 9.86. The molecule has 0 amide bonds. The molecule has 242 valence electrons. The van der Waals surface area contributed by atoms with Crippen molar-refractivity contribution in [2.75, 3.05) is 6.61 Å². The second kappa shape index (κ2) is 11.4. The average Bonchev–Trinajstić information content (AvgIpc) is 3.49. The Morgan fingerprint density at radius 3 is 2.58 bits per heavy atom. The predicted octanol–water partition coefficient (Wildman–Crippen LogP) is 6.01. The van der Waals surface area contributed by atoms with Crippen molar-refractivity contribution in [3.05, 3.63) is 52.9 Å². The minimum atomic E-state index is -1.53. The minimum absolute atomic E-state index is 0.0892. The highest BCUT2D eigenvalue weighted by Crippen LogP contribution is 2.70. The van der Waals surface area contributed by atoms with Crippen LogP contribution in [0.3, 0.4) is 0 Å². The van der Waals surface area contributed by atoms with Crippen molar-refractivity contribution in [2.45, 2.75) is 97.1 Å². The Bertz CT molecular complexity index is 1570. The maximum absolute atomic E-state index is 14.1. The lowest BCUT2D eigenvalue weighted by atomic mass is 9.45. The van der Waals surface area contributed by atoms with Crippen LogP contribution in [0.15, 0.2) is 36.0 Å². The number of nitrogens with zero attached hydrogens (tertiary/aromatic N) is 2. The summed E-state index contributed by atoms with van der Waals surface area (Å²) in [6.45, 7) is 11.1. The second-order valence-corrected chi connectivity index (χ2v) is 14.9. The van der Waals surface area contributed by atoms with Crippen LogP contribution in [0, 0.1) is 41.4 Å². The van der Waals surface area contributed by atoms with Gasteiger partial charge < -0.3 is 14.6 Å². The van der Waals surface area contributed by atoms with E-state index in [2.05, 4.69) is 38.1 Å². The number of ether oxygens (including phenoxy) is 2. The van der Waals surface area contributed by atoms with E-state index < -0.39 is 41.4 Å². The van der Waals surface area contributed by atoms with Gasteiger partial charge in [-0.1, -0.05) is 52.3 Å². The number of Topliss-reactive ketones (excluding diaryl/α,β-unsaturated/α-hetero) is 1. The molecule has 3 saturated carbocycles. The number of aromatic nitrogens is 2. The number of carbonyl (C=O) groups is 3. The van der Waals surface area contributed by atoms with Crippen LogP contribution in [-0.4, -0.2) is 56.3 Å². The van der Waals surface area contributed by atoms with E-state index in [0.29, 0.717) is 12.8 Å². The molecule has 1 aromatic heterocycles. The zero-order chi connectivity index (χ0) is 32.5. The van der Waals surface area contributed by atoms with E-state index in [-0.39, 0.29) is 53.7 Å². The molecule has 3 fully saturated rings.